The fourth-order valence-corrected chi connectivity index (χ4v) is 4.57. The van der Waals surface area contributed by atoms with Crippen molar-refractivity contribution in [3.8, 4) is 5.69 Å². The van der Waals surface area contributed by atoms with Gasteiger partial charge < -0.3 is 9.80 Å². The van der Waals surface area contributed by atoms with Gasteiger partial charge in [-0.1, -0.05) is 54.6 Å². The molecule has 0 unspecified atom stereocenters. The number of anilines is 1. The number of amides is 1. The van der Waals surface area contributed by atoms with Crippen LogP contribution < -0.4 is 4.90 Å². The highest BCUT2D eigenvalue weighted by atomic mass is 16.2. The Balaban J connectivity index is 1.36. The van der Waals surface area contributed by atoms with Crippen LogP contribution in [-0.4, -0.2) is 46.8 Å². The summed E-state index contributed by atoms with van der Waals surface area (Å²) >= 11 is 0. The SMILES string of the molecule is Cc1nn(-c2ccccc2)c(C)c1C(=O)N1CCN(c2cccc3ccccc23)CC1. The maximum absolute atomic E-state index is 13.4. The number of carbonyl (C=O) groups excluding carboxylic acids is 1. The number of hydrogen-bond acceptors (Lipinski definition) is 3. The van der Waals surface area contributed by atoms with E-state index in [1.807, 2.05) is 53.8 Å². The lowest BCUT2D eigenvalue weighted by Gasteiger charge is -2.36. The van der Waals surface area contributed by atoms with E-state index < -0.39 is 0 Å². The number of hydrogen-bond donors (Lipinski definition) is 0. The van der Waals surface area contributed by atoms with Crippen molar-refractivity contribution >= 4 is 22.4 Å². The first-order valence-corrected chi connectivity index (χ1v) is 10.8. The van der Waals surface area contributed by atoms with Gasteiger partial charge in [0.2, 0.25) is 0 Å². The molecule has 4 aromatic rings. The van der Waals surface area contributed by atoms with Crippen molar-refractivity contribution in [2.75, 3.05) is 31.1 Å². The number of rotatable bonds is 3. The Labute approximate surface area is 182 Å². The fourth-order valence-electron chi connectivity index (χ4n) is 4.57. The molecule has 0 bridgehead atoms. The van der Waals surface area contributed by atoms with Crippen LogP contribution in [0, 0.1) is 13.8 Å². The molecule has 1 aliphatic rings. The van der Waals surface area contributed by atoms with Crippen molar-refractivity contribution in [1.82, 2.24) is 14.7 Å². The predicted molar refractivity (Wildman–Crippen MR) is 125 cm³/mol. The van der Waals surface area contributed by atoms with Gasteiger partial charge in [-0.25, -0.2) is 4.68 Å². The number of fused-ring (bicyclic) bond motifs is 1. The van der Waals surface area contributed by atoms with Gasteiger partial charge in [0.1, 0.15) is 0 Å². The van der Waals surface area contributed by atoms with Gasteiger partial charge >= 0.3 is 0 Å². The third-order valence-electron chi connectivity index (χ3n) is 6.18. The summed E-state index contributed by atoms with van der Waals surface area (Å²) in [6.07, 6.45) is 0. The summed E-state index contributed by atoms with van der Waals surface area (Å²) in [6, 6.07) is 24.9. The van der Waals surface area contributed by atoms with Gasteiger partial charge in [0.05, 0.1) is 22.6 Å². The molecule has 0 aliphatic carbocycles. The number of piperazine rings is 1. The molecule has 1 saturated heterocycles. The van der Waals surface area contributed by atoms with E-state index in [0.717, 1.165) is 35.7 Å². The molecule has 5 rings (SSSR count). The second-order valence-corrected chi connectivity index (χ2v) is 8.07. The zero-order valence-electron chi connectivity index (χ0n) is 18.0. The highest BCUT2D eigenvalue weighted by Gasteiger charge is 2.27. The zero-order chi connectivity index (χ0) is 21.4. The molecular weight excluding hydrogens is 384 g/mol. The average Bonchev–Trinajstić information content (AvgIpc) is 3.12. The molecule has 1 amide bonds. The zero-order valence-corrected chi connectivity index (χ0v) is 18.0. The van der Waals surface area contributed by atoms with E-state index in [1.165, 1.54) is 16.5 Å². The Morgan fingerprint density at radius 1 is 0.806 bits per heavy atom. The van der Waals surface area contributed by atoms with Gasteiger partial charge in [-0.2, -0.15) is 5.10 Å². The van der Waals surface area contributed by atoms with E-state index in [4.69, 9.17) is 0 Å². The number of benzene rings is 3. The van der Waals surface area contributed by atoms with Gasteiger partial charge in [0.15, 0.2) is 0 Å². The molecular formula is C26H26N4O. The topological polar surface area (TPSA) is 41.4 Å². The highest BCUT2D eigenvalue weighted by molar-refractivity contribution is 5.97. The number of aromatic nitrogens is 2. The van der Waals surface area contributed by atoms with Gasteiger partial charge in [0.25, 0.3) is 5.91 Å². The molecule has 31 heavy (non-hydrogen) atoms. The lowest BCUT2D eigenvalue weighted by molar-refractivity contribution is 0.0745. The summed E-state index contributed by atoms with van der Waals surface area (Å²) in [5.41, 5.74) is 4.62. The summed E-state index contributed by atoms with van der Waals surface area (Å²) in [7, 11) is 0. The summed E-state index contributed by atoms with van der Waals surface area (Å²) < 4.78 is 1.87. The summed E-state index contributed by atoms with van der Waals surface area (Å²) in [4.78, 5) is 17.8. The van der Waals surface area contributed by atoms with Crippen LogP contribution >= 0.6 is 0 Å². The van der Waals surface area contributed by atoms with Crippen LogP contribution in [0.2, 0.25) is 0 Å². The quantitative estimate of drug-likeness (QED) is 0.495. The van der Waals surface area contributed by atoms with Crippen molar-refractivity contribution in [1.29, 1.82) is 0 Å². The van der Waals surface area contributed by atoms with Crippen LogP contribution in [0.15, 0.2) is 72.8 Å². The van der Waals surface area contributed by atoms with E-state index in [-0.39, 0.29) is 5.91 Å². The smallest absolute Gasteiger partial charge is 0.257 e. The molecule has 1 aromatic heterocycles. The number of aryl methyl sites for hydroxylation is 1. The molecule has 156 valence electrons. The normalized spacial score (nSPS) is 14.3. The Bertz CT molecular complexity index is 1230. The minimum atomic E-state index is 0.0785. The van der Waals surface area contributed by atoms with Gasteiger partial charge in [-0.05, 0) is 37.4 Å². The Kier molecular flexibility index (Phi) is 4.94. The lowest BCUT2D eigenvalue weighted by Crippen LogP contribution is -2.49. The average molecular weight is 411 g/mol. The van der Waals surface area contributed by atoms with Gasteiger partial charge in [-0.15, -0.1) is 0 Å². The standard InChI is InChI=1S/C26H26N4O/c1-19-25(20(2)30(27-19)22-11-4-3-5-12-22)26(31)29-17-15-28(16-18-29)24-14-8-10-21-9-6-7-13-23(21)24/h3-14H,15-18H2,1-2H3. The molecule has 0 spiro atoms. The third-order valence-corrected chi connectivity index (χ3v) is 6.18. The first kappa shape index (κ1) is 19.4. The number of para-hydroxylation sites is 1. The number of nitrogens with zero attached hydrogens (tertiary/aromatic N) is 4. The summed E-state index contributed by atoms with van der Waals surface area (Å²) in [6.45, 7) is 6.96. The Morgan fingerprint density at radius 3 is 2.26 bits per heavy atom. The van der Waals surface area contributed by atoms with E-state index in [1.54, 1.807) is 0 Å². The fraction of sp³-hybridized carbons (Fsp3) is 0.231. The molecule has 5 nitrogen and oxygen atoms in total. The minimum Gasteiger partial charge on any atom is -0.367 e. The molecule has 0 saturated carbocycles. The number of carbonyl (C=O) groups is 1. The lowest BCUT2D eigenvalue weighted by atomic mass is 10.1. The predicted octanol–water partition coefficient (Wildman–Crippen LogP) is 4.60. The van der Waals surface area contributed by atoms with Gasteiger partial charge in [0, 0.05) is 37.3 Å². The van der Waals surface area contributed by atoms with Crippen LogP contribution in [0.25, 0.3) is 16.5 Å². The summed E-state index contributed by atoms with van der Waals surface area (Å²) in [5.74, 6) is 0.0785. The van der Waals surface area contributed by atoms with Crippen molar-refractivity contribution < 1.29 is 4.79 Å². The van der Waals surface area contributed by atoms with E-state index in [2.05, 4.69) is 52.5 Å². The molecule has 1 aliphatic heterocycles. The third kappa shape index (κ3) is 3.46. The van der Waals surface area contributed by atoms with Crippen molar-refractivity contribution in [3.63, 3.8) is 0 Å². The van der Waals surface area contributed by atoms with Crippen LogP contribution in [0.1, 0.15) is 21.7 Å². The van der Waals surface area contributed by atoms with E-state index >= 15 is 0 Å². The molecule has 0 atom stereocenters. The van der Waals surface area contributed by atoms with Crippen molar-refractivity contribution in [2.45, 2.75) is 13.8 Å². The molecule has 5 heteroatoms. The minimum absolute atomic E-state index is 0.0785. The van der Waals surface area contributed by atoms with Crippen LogP contribution in [0.4, 0.5) is 5.69 Å². The first-order valence-electron chi connectivity index (χ1n) is 10.8. The van der Waals surface area contributed by atoms with Crippen LogP contribution in [0.5, 0.6) is 0 Å². The van der Waals surface area contributed by atoms with Crippen LogP contribution in [-0.2, 0) is 0 Å². The first-order chi connectivity index (χ1) is 15.1. The van der Waals surface area contributed by atoms with Crippen molar-refractivity contribution in [3.05, 3.63) is 89.7 Å². The second-order valence-electron chi connectivity index (χ2n) is 8.07. The molecule has 1 fully saturated rings. The molecule has 0 radical (unpaired) electrons. The monoisotopic (exact) mass is 410 g/mol. The van der Waals surface area contributed by atoms with Crippen LogP contribution in [0.3, 0.4) is 0 Å². The maximum Gasteiger partial charge on any atom is 0.257 e. The van der Waals surface area contributed by atoms with E-state index in [9.17, 15) is 4.79 Å². The van der Waals surface area contributed by atoms with Crippen molar-refractivity contribution in [2.24, 2.45) is 0 Å². The van der Waals surface area contributed by atoms with Gasteiger partial charge in [-0.3, -0.25) is 4.79 Å². The highest BCUT2D eigenvalue weighted by Crippen LogP contribution is 2.28. The Morgan fingerprint density at radius 2 is 1.48 bits per heavy atom. The second kappa shape index (κ2) is 7.91. The largest absolute Gasteiger partial charge is 0.367 e. The van der Waals surface area contributed by atoms with E-state index in [0.29, 0.717) is 13.1 Å². The summed E-state index contributed by atoms with van der Waals surface area (Å²) in [5, 5.41) is 7.16. The molecule has 0 N–H and O–H groups in total. The maximum atomic E-state index is 13.4. The Hall–Kier alpha value is -3.60. The molecule has 3 aromatic carbocycles. The molecule has 2 heterocycles.